The van der Waals surface area contributed by atoms with Gasteiger partial charge in [-0.25, -0.2) is 0 Å². The van der Waals surface area contributed by atoms with Crippen LogP contribution in [-0.4, -0.2) is 73.8 Å². The minimum Gasteiger partial charge on any atom is -0.486 e. The standard InChI is InChI=1S/C24H28N4O5.ClH/c1-16-3-5-20(32-16)19(28-9-7-27(2)8-10-28)15-25-24(29)18-14-22(33-26-18)17-4-6-21-23(13-17)31-12-11-30-21;/h3-6,13-14,19H,7-12,15H2,1-2H3,(H,25,29);1H. The molecule has 2 aliphatic heterocycles. The minimum atomic E-state index is -0.287. The van der Waals surface area contributed by atoms with E-state index in [4.69, 9.17) is 18.4 Å². The van der Waals surface area contributed by atoms with Gasteiger partial charge in [-0.1, -0.05) is 5.16 Å². The monoisotopic (exact) mass is 488 g/mol. The molecule has 4 heterocycles. The molecule has 0 aliphatic carbocycles. The van der Waals surface area contributed by atoms with Crippen LogP contribution in [0.2, 0.25) is 0 Å². The number of carbonyl (C=O) groups excluding carboxylic acids is 1. The van der Waals surface area contributed by atoms with Crippen molar-refractivity contribution in [3.8, 4) is 22.8 Å². The van der Waals surface area contributed by atoms with Crippen molar-refractivity contribution in [1.29, 1.82) is 0 Å². The fraction of sp³-hybridized carbons (Fsp3) is 0.417. The van der Waals surface area contributed by atoms with E-state index in [1.807, 2.05) is 37.3 Å². The third kappa shape index (κ3) is 5.22. The first-order valence-electron chi connectivity index (χ1n) is 11.2. The molecule has 9 nitrogen and oxygen atoms in total. The molecule has 3 aromatic rings. The molecule has 1 saturated heterocycles. The molecular formula is C24H29ClN4O5. The fourth-order valence-corrected chi connectivity index (χ4v) is 4.17. The Morgan fingerprint density at radius 1 is 1.06 bits per heavy atom. The van der Waals surface area contributed by atoms with Crippen LogP contribution >= 0.6 is 12.4 Å². The summed E-state index contributed by atoms with van der Waals surface area (Å²) in [6.45, 7) is 7.16. The SMILES string of the molecule is Cc1ccc(C(CNC(=O)c2cc(-c3ccc4c(c3)OCCO4)on2)N2CCN(C)CC2)o1.Cl. The lowest BCUT2D eigenvalue weighted by Gasteiger charge is -2.37. The van der Waals surface area contributed by atoms with Gasteiger partial charge in [0.1, 0.15) is 24.7 Å². The Morgan fingerprint density at radius 2 is 1.82 bits per heavy atom. The lowest BCUT2D eigenvalue weighted by molar-refractivity contribution is 0.0843. The number of hydrogen-bond donors (Lipinski definition) is 1. The summed E-state index contributed by atoms with van der Waals surface area (Å²) < 4.78 is 22.5. The Hall–Kier alpha value is -3.01. The number of nitrogens with zero attached hydrogens (tertiary/aromatic N) is 3. The zero-order chi connectivity index (χ0) is 22.8. The molecule has 34 heavy (non-hydrogen) atoms. The molecule has 1 atom stereocenters. The van der Waals surface area contributed by atoms with Gasteiger partial charge in [0.05, 0.1) is 6.04 Å². The summed E-state index contributed by atoms with van der Waals surface area (Å²) in [4.78, 5) is 17.5. The van der Waals surface area contributed by atoms with E-state index in [0.717, 1.165) is 43.3 Å². The molecule has 0 bridgehead atoms. The summed E-state index contributed by atoms with van der Waals surface area (Å²) >= 11 is 0. The number of furan rings is 1. The molecule has 2 aromatic heterocycles. The third-order valence-corrected chi connectivity index (χ3v) is 6.09. The number of aryl methyl sites for hydroxylation is 1. The predicted molar refractivity (Wildman–Crippen MR) is 128 cm³/mol. The predicted octanol–water partition coefficient (Wildman–Crippen LogP) is 3.15. The Labute approximate surface area is 204 Å². The molecule has 5 rings (SSSR count). The normalized spacial score (nSPS) is 17.1. The minimum absolute atomic E-state index is 0. The Kier molecular flexibility index (Phi) is 7.45. The number of likely N-dealkylation sites (N-methyl/N-ethyl adjacent to an activating group) is 1. The number of carbonyl (C=O) groups is 1. The smallest absolute Gasteiger partial charge is 0.273 e. The van der Waals surface area contributed by atoms with Crippen molar-refractivity contribution in [3.05, 3.63) is 53.6 Å². The Morgan fingerprint density at radius 3 is 2.56 bits per heavy atom. The highest BCUT2D eigenvalue weighted by Crippen LogP contribution is 2.34. The van der Waals surface area contributed by atoms with Crippen LogP contribution in [0.4, 0.5) is 0 Å². The van der Waals surface area contributed by atoms with Gasteiger partial charge < -0.3 is 28.6 Å². The van der Waals surface area contributed by atoms with E-state index < -0.39 is 0 Å². The van der Waals surface area contributed by atoms with Crippen LogP contribution in [0.1, 0.15) is 28.1 Å². The zero-order valence-electron chi connectivity index (χ0n) is 19.3. The number of hydrogen-bond acceptors (Lipinski definition) is 8. The molecule has 0 radical (unpaired) electrons. The largest absolute Gasteiger partial charge is 0.486 e. The van der Waals surface area contributed by atoms with Gasteiger partial charge >= 0.3 is 0 Å². The van der Waals surface area contributed by atoms with Crippen molar-refractivity contribution in [2.24, 2.45) is 0 Å². The van der Waals surface area contributed by atoms with Crippen LogP contribution in [0.15, 0.2) is 45.3 Å². The molecule has 1 fully saturated rings. The molecule has 10 heteroatoms. The second-order valence-corrected chi connectivity index (χ2v) is 8.45. The van der Waals surface area contributed by atoms with Crippen LogP contribution < -0.4 is 14.8 Å². The van der Waals surface area contributed by atoms with E-state index in [2.05, 4.69) is 27.3 Å². The zero-order valence-corrected chi connectivity index (χ0v) is 20.1. The summed E-state index contributed by atoms with van der Waals surface area (Å²) in [6, 6.07) is 11.1. The van der Waals surface area contributed by atoms with Gasteiger partial charge in [0.25, 0.3) is 5.91 Å². The summed E-state index contributed by atoms with van der Waals surface area (Å²) in [6.07, 6.45) is 0. The number of fused-ring (bicyclic) bond motifs is 1. The van der Waals surface area contributed by atoms with E-state index in [9.17, 15) is 4.79 Å². The summed E-state index contributed by atoms with van der Waals surface area (Å²) in [5, 5.41) is 6.99. The van der Waals surface area contributed by atoms with Crippen molar-refractivity contribution in [3.63, 3.8) is 0 Å². The molecule has 0 spiro atoms. The number of amides is 1. The van der Waals surface area contributed by atoms with Crippen LogP contribution in [0.3, 0.4) is 0 Å². The van der Waals surface area contributed by atoms with E-state index in [0.29, 0.717) is 37.0 Å². The Bertz CT molecular complexity index is 1120. The summed E-state index contributed by atoms with van der Waals surface area (Å²) in [7, 11) is 2.12. The molecule has 1 amide bonds. The fourth-order valence-electron chi connectivity index (χ4n) is 4.17. The maximum Gasteiger partial charge on any atom is 0.273 e. The van der Waals surface area contributed by atoms with Crippen molar-refractivity contribution in [2.75, 3.05) is 53.0 Å². The second-order valence-electron chi connectivity index (χ2n) is 8.45. The number of halogens is 1. The molecule has 2 aliphatic rings. The van der Waals surface area contributed by atoms with Crippen LogP contribution in [0.25, 0.3) is 11.3 Å². The van der Waals surface area contributed by atoms with Crippen molar-refractivity contribution >= 4 is 18.3 Å². The summed E-state index contributed by atoms with van der Waals surface area (Å²) in [5.41, 5.74) is 1.000. The topological polar surface area (TPSA) is 93.2 Å². The average molecular weight is 489 g/mol. The van der Waals surface area contributed by atoms with Gasteiger partial charge in [-0.15, -0.1) is 12.4 Å². The number of nitrogens with one attached hydrogen (secondary N) is 1. The average Bonchev–Trinajstić information content (AvgIpc) is 3.50. The van der Waals surface area contributed by atoms with Crippen LogP contribution in [0, 0.1) is 6.92 Å². The number of ether oxygens (including phenoxy) is 2. The van der Waals surface area contributed by atoms with E-state index in [1.54, 1.807) is 6.07 Å². The van der Waals surface area contributed by atoms with Gasteiger partial charge in [-0.3, -0.25) is 9.69 Å². The van der Waals surface area contributed by atoms with Gasteiger partial charge in [-0.2, -0.15) is 0 Å². The van der Waals surface area contributed by atoms with Crippen molar-refractivity contribution in [2.45, 2.75) is 13.0 Å². The molecule has 1 aromatic carbocycles. The van der Waals surface area contributed by atoms with Gasteiger partial charge in [0, 0.05) is 44.4 Å². The molecule has 1 N–H and O–H groups in total. The summed E-state index contributed by atoms with van der Waals surface area (Å²) in [5.74, 6) is 3.28. The first-order valence-corrected chi connectivity index (χ1v) is 11.2. The molecule has 1 unspecified atom stereocenters. The maximum absolute atomic E-state index is 12.9. The van der Waals surface area contributed by atoms with Gasteiger partial charge in [-0.05, 0) is 44.3 Å². The molecular weight excluding hydrogens is 460 g/mol. The first-order chi connectivity index (χ1) is 16.1. The quantitative estimate of drug-likeness (QED) is 0.565. The lowest BCUT2D eigenvalue weighted by atomic mass is 10.1. The number of benzene rings is 1. The third-order valence-electron chi connectivity index (χ3n) is 6.09. The molecule has 0 saturated carbocycles. The highest BCUT2D eigenvalue weighted by atomic mass is 35.5. The first kappa shape index (κ1) is 24.1. The number of aromatic nitrogens is 1. The van der Waals surface area contributed by atoms with E-state index in [1.165, 1.54) is 0 Å². The Balaban J connectivity index is 0.00000274. The van der Waals surface area contributed by atoms with Crippen molar-refractivity contribution in [1.82, 2.24) is 20.3 Å². The van der Waals surface area contributed by atoms with Crippen molar-refractivity contribution < 1.29 is 23.2 Å². The van der Waals surface area contributed by atoms with Crippen LogP contribution in [-0.2, 0) is 0 Å². The van der Waals surface area contributed by atoms with E-state index in [-0.39, 0.29) is 30.0 Å². The maximum atomic E-state index is 12.9. The van der Waals surface area contributed by atoms with E-state index >= 15 is 0 Å². The van der Waals surface area contributed by atoms with Gasteiger partial charge in [0.15, 0.2) is 23.0 Å². The number of rotatable bonds is 6. The molecule has 182 valence electrons. The highest BCUT2D eigenvalue weighted by molar-refractivity contribution is 5.93. The second kappa shape index (κ2) is 10.5. The van der Waals surface area contributed by atoms with Crippen LogP contribution in [0.5, 0.6) is 11.5 Å². The highest BCUT2D eigenvalue weighted by Gasteiger charge is 2.27. The number of piperazine rings is 1. The van der Waals surface area contributed by atoms with Gasteiger partial charge in [0.2, 0.25) is 0 Å². The lowest BCUT2D eigenvalue weighted by Crippen LogP contribution is -2.48.